The van der Waals surface area contributed by atoms with Gasteiger partial charge < -0.3 is 15.5 Å². The molecule has 0 rings (SSSR count). The number of carboxylic acids is 2. The van der Waals surface area contributed by atoms with Gasteiger partial charge in [-0.1, -0.05) is 6.42 Å². The molecule has 0 aromatic heterocycles. The Bertz CT molecular complexity index is 181. The average Bonchev–Trinajstić information content (AvgIpc) is 2.03. The van der Waals surface area contributed by atoms with Crippen LogP contribution in [0.4, 0.5) is 0 Å². The Kier molecular flexibility index (Phi) is 5.88. The Morgan fingerprint density at radius 1 is 1.31 bits per heavy atom. The molecule has 0 aliphatic heterocycles. The average molecular weight is 189 g/mol. The lowest BCUT2D eigenvalue weighted by atomic mass is 10.1. The van der Waals surface area contributed by atoms with E-state index in [0.29, 0.717) is 19.3 Å². The number of hydrogen-bond donors (Lipinski definition) is 3. The van der Waals surface area contributed by atoms with Crippen LogP contribution in [0.3, 0.4) is 0 Å². The zero-order valence-corrected chi connectivity index (χ0v) is 7.62. The summed E-state index contributed by atoms with van der Waals surface area (Å²) in [6, 6.07) is -0.561. The highest BCUT2D eigenvalue weighted by Crippen LogP contribution is 2.03. The van der Waals surface area contributed by atoms with E-state index in [1.54, 1.807) is 7.05 Å². The molecule has 0 aromatic carbocycles. The molecule has 1 unspecified atom stereocenters. The second kappa shape index (κ2) is 6.42. The van der Waals surface area contributed by atoms with Crippen LogP contribution in [0.1, 0.15) is 25.7 Å². The van der Waals surface area contributed by atoms with E-state index in [2.05, 4.69) is 5.32 Å². The van der Waals surface area contributed by atoms with Crippen molar-refractivity contribution < 1.29 is 19.8 Å². The lowest BCUT2D eigenvalue weighted by molar-refractivity contribution is -0.139. The van der Waals surface area contributed by atoms with E-state index in [9.17, 15) is 9.59 Å². The van der Waals surface area contributed by atoms with E-state index >= 15 is 0 Å². The zero-order chi connectivity index (χ0) is 10.3. The standard InChI is InChI=1S/C8H15NO4/c1-9-6(8(12)13)4-2-3-5-7(10)11/h6,9H,2-5H2,1H3,(H,10,11)(H,12,13). The fraction of sp³-hybridized carbons (Fsp3) is 0.750. The quantitative estimate of drug-likeness (QED) is 0.501. The molecular formula is C8H15NO4. The van der Waals surface area contributed by atoms with Gasteiger partial charge in [0.05, 0.1) is 0 Å². The molecule has 0 aliphatic rings. The van der Waals surface area contributed by atoms with Gasteiger partial charge in [-0.2, -0.15) is 0 Å². The Balaban J connectivity index is 3.50. The SMILES string of the molecule is CNC(CCCCC(=O)O)C(=O)O. The van der Waals surface area contributed by atoms with Gasteiger partial charge >= 0.3 is 11.9 Å². The number of hydrogen-bond acceptors (Lipinski definition) is 3. The monoisotopic (exact) mass is 189 g/mol. The molecule has 0 aliphatic carbocycles. The molecule has 0 radical (unpaired) electrons. The van der Waals surface area contributed by atoms with Crippen molar-refractivity contribution in [1.82, 2.24) is 5.32 Å². The van der Waals surface area contributed by atoms with Gasteiger partial charge in [-0.3, -0.25) is 9.59 Å². The summed E-state index contributed by atoms with van der Waals surface area (Å²) in [5.74, 6) is -1.73. The number of likely N-dealkylation sites (N-methyl/N-ethyl adjacent to an activating group) is 1. The first-order valence-corrected chi connectivity index (χ1v) is 4.19. The van der Waals surface area contributed by atoms with Gasteiger partial charge in [0.25, 0.3) is 0 Å². The maximum atomic E-state index is 10.5. The van der Waals surface area contributed by atoms with Gasteiger partial charge in [-0.15, -0.1) is 0 Å². The highest BCUT2D eigenvalue weighted by atomic mass is 16.4. The summed E-state index contributed by atoms with van der Waals surface area (Å²) in [5.41, 5.74) is 0. The Morgan fingerprint density at radius 3 is 2.31 bits per heavy atom. The van der Waals surface area contributed by atoms with E-state index in [4.69, 9.17) is 10.2 Å². The summed E-state index contributed by atoms with van der Waals surface area (Å²) in [7, 11) is 1.58. The lowest BCUT2D eigenvalue weighted by Gasteiger charge is -2.09. The van der Waals surface area contributed by atoms with Crippen LogP contribution in [0.25, 0.3) is 0 Å². The first-order chi connectivity index (χ1) is 6.07. The number of rotatable bonds is 7. The molecule has 13 heavy (non-hydrogen) atoms. The first-order valence-electron chi connectivity index (χ1n) is 4.19. The molecule has 5 heteroatoms. The molecule has 0 saturated carbocycles. The van der Waals surface area contributed by atoms with Gasteiger partial charge in [-0.25, -0.2) is 0 Å². The molecular weight excluding hydrogens is 174 g/mol. The smallest absolute Gasteiger partial charge is 0.320 e. The topological polar surface area (TPSA) is 86.6 Å². The van der Waals surface area contributed by atoms with E-state index in [0.717, 1.165) is 0 Å². The van der Waals surface area contributed by atoms with E-state index < -0.39 is 18.0 Å². The summed E-state index contributed by atoms with van der Waals surface area (Å²) < 4.78 is 0. The van der Waals surface area contributed by atoms with E-state index in [1.807, 2.05) is 0 Å². The number of aliphatic carboxylic acids is 2. The van der Waals surface area contributed by atoms with Crippen LogP contribution in [0.5, 0.6) is 0 Å². The molecule has 0 spiro atoms. The summed E-state index contributed by atoms with van der Waals surface area (Å²) in [5, 5.41) is 19.6. The fourth-order valence-electron chi connectivity index (χ4n) is 1.02. The molecule has 0 amide bonds. The maximum absolute atomic E-state index is 10.5. The molecule has 1 atom stereocenters. The van der Waals surface area contributed by atoms with Crippen LogP contribution in [-0.4, -0.2) is 35.2 Å². The number of carboxylic acid groups (broad SMARTS) is 2. The molecule has 0 aromatic rings. The highest BCUT2D eigenvalue weighted by Gasteiger charge is 2.13. The second-order valence-corrected chi connectivity index (χ2v) is 2.82. The van der Waals surface area contributed by atoms with Crippen molar-refractivity contribution in [2.24, 2.45) is 0 Å². The highest BCUT2D eigenvalue weighted by molar-refractivity contribution is 5.73. The van der Waals surface area contributed by atoms with Gasteiger partial charge in [0.2, 0.25) is 0 Å². The molecule has 3 N–H and O–H groups in total. The van der Waals surface area contributed by atoms with E-state index in [1.165, 1.54) is 0 Å². The van der Waals surface area contributed by atoms with E-state index in [-0.39, 0.29) is 6.42 Å². The Hall–Kier alpha value is -1.10. The second-order valence-electron chi connectivity index (χ2n) is 2.82. The fourth-order valence-corrected chi connectivity index (χ4v) is 1.02. The summed E-state index contributed by atoms with van der Waals surface area (Å²) in [6.07, 6.45) is 1.72. The van der Waals surface area contributed by atoms with Crippen molar-refractivity contribution in [2.75, 3.05) is 7.05 Å². The summed E-state index contributed by atoms with van der Waals surface area (Å²) in [4.78, 5) is 20.6. The van der Waals surface area contributed by atoms with Gasteiger partial charge in [0.15, 0.2) is 0 Å². The molecule has 5 nitrogen and oxygen atoms in total. The summed E-state index contributed by atoms with van der Waals surface area (Å²) >= 11 is 0. The largest absolute Gasteiger partial charge is 0.481 e. The minimum Gasteiger partial charge on any atom is -0.481 e. The van der Waals surface area contributed by atoms with Crippen molar-refractivity contribution in [2.45, 2.75) is 31.7 Å². The number of nitrogens with one attached hydrogen (secondary N) is 1. The van der Waals surface area contributed by atoms with Crippen LogP contribution >= 0.6 is 0 Å². The minimum absolute atomic E-state index is 0.107. The van der Waals surface area contributed by atoms with Crippen molar-refractivity contribution in [3.8, 4) is 0 Å². The molecule has 76 valence electrons. The molecule has 0 saturated heterocycles. The van der Waals surface area contributed by atoms with Gasteiger partial charge in [0.1, 0.15) is 6.04 Å². The lowest BCUT2D eigenvalue weighted by Crippen LogP contribution is -2.33. The zero-order valence-electron chi connectivity index (χ0n) is 7.62. The molecule has 0 bridgehead atoms. The van der Waals surface area contributed by atoms with Crippen LogP contribution in [0.2, 0.25) is 0 Å². The predicted molar refractivity (Wildman–Crippen MR) is 46.6 cm³/mol. The number of unbranched alkanes of at least 4 members (excludes halogenated alkanes) is 1. The third kappa shape index (κ3) is 6.10. The van der Waals surface area contributed by atoms with Crippen molar-refractivity contribution in [1.29, 1.82) is 0 Å². The third-order valence-corrected chi connectivity index (χ3v) is 1.78. The third-order valence-electron chi connectivity index (χ3n) is 1.78. The first kappa shape index (κ1) is 11.9. The van der Waals surface area contributed by atoms with Crippen LogP contribution in [-0.2, 0) is 9.59 Å². The predicted octanol–water partition coefficient (Wildman–Crippen LogP) is 0.304. The number of carbonyl (C=O) groups is 2. The van der Waals surface area contributed by atoms with Gasteiger partial charge in [-0.05, 0) is 19.9 Å². The van der Waals surface area contributed by atoms with Crippen molar-refractivity contribution >= 4 is 11.9 Å². The van der Waals surface area contributed by atoms with Crippen LogP contribution in [0, 0.1) is 0 Å². The van der Waals surface area contributed by atoms with Crippen molar-refractivity contribution in [3.05, 3.63) is 0 Å². The Morgan fingerprint density at radius 2 is 1.92 bits per heavy atom. The molecule has 0 heterocycles. The Labute approximate surface area is 76.8 Å². The van der Waals surface area contributed by atoms with Crippen LogP contribution < -0.4 is 5.32 Å². The summed E-state index contributed by atoms with van der Waals surface area (Å²) in [6.45, 7) is 0. The maximum Gasteiger partial charge on any atom is 0.320 e. The van der Waals surface area contributed by atoms with Crippen LogP contribution in [0.15, 0.2) is 0 Å². The van der Waals surface area contributed by atoms with Crippen molar-refractivity contribution in [3.63, 3.8) is 0 Å². The molecule has 0 fully saturated rings. The normalized spacial score (nSPS) is 12.4. The van der Waals surface area contributed by atoms with Gasteiger partial charge in [0, 0.05) is 6.42 Å². The minimum atomic E-state index is -0.891.